The molecule has 0 heterocycles. The molecule has 46 heavy (non-hydrogen) atoms. The number of para-hydroxylation sites is 1. The molecule has 0 aliphatic heterocycles. The summed E-state index contributed by atoms with van der Waals surface area (Å²) in [5, 5.41) is 36.1. The molecule has 0 saturated carbocycles. The quantitative estimate of drug-likeness (QED) is 0.120. The minimum absolute atomic E-state index is 0.0368. The third-order valence-electron chi connectivity index (χ3n) is 7.55. The highest BCUT2D eigenvalue weighted by molar-refractivity contribution is 7.86. The van der Waals surface area contributed by atoms with Gasteiger partial charge in [0.15, 0.2) is 5.75 Å². The molecule has 0 aliphatic carbocycles. The number of azo groups is 2. The zero-order chi connectivity index (χ0) is 31.7. The molecule has 0 atom stereocenters. The number of rotatable bonds is 7. The smallest absolute Gasteiger partial charge is 0.295 e. The van der Waals surface area contributed by atoms with E-state index in [0.29, 0.717) is 38.9 Å². The van der Waals surface area contributed by atoms with Crippen molar-refractivity contribution in [2.75, 3.05) is 5.32 Å². The number of nitrogens with one attached hydrogen (secondary N) is 1. The largest absolute Gasteiger partial charge is 0.505 e. The Labute approximate surface area is 264 Å². The average Bonchev–Trinajstić information content (AvgIpc) is 3.07. The summed E-state index contributed by atoms with van der Waals surface area (Å²) in [6.07, 6.45) is 0. The van der Waals surface area contributed by atoms with Crippen LogP contribution in [-0.2, 0) is 10.1 Å². The Balaban J connectivity index is 1.18. The Bertz CT molecular complexity index is 2450. The Kier molecular flexibility index (Phi) is 7.41. The third-order valence-corrected chi connectivity index (χ3v) is 8.46. The monoisotopic (exact) mass is 623 g/mol. The summed E-state index contributed by atoms with van der Waals surface area (Å²) in [6, 6.07) is 40.0. The van der Waals surface area contributed by atoms with Gasteiger partial charge in [0.1, 0.15) is 10.6 Å². The van der Waals surface area contributed by atoms with E-state index in [2.05, 4.69) is 25.8 Å². The van der Waals surface area contributed by atoms with Crippen LogP contribution >= 0.6 is 0 Å². The molecule has 0 radical (unpaired) electrons. The van der Waals surface area contributed by atoms with Crippen molar-refractivity contribution in [3.63, 3.8) is 0 Å². The van der Waals surface area contributed by atoms with Crippen molar-refractivity contribution in [2.24, 2.45) is 20.5 Å². The van der Waals surface area contributed by atoms with Crippen molar-refractivity contribution in [3.05, 3.63) is 133 Å². The third kappa shape index (κ3) is 5.77. The van der Waals surface area contributed by atoms with Crippen molar-refractivity contribution in [2.45, 2.75) is 4.90 Å². The van der Waals surface area contributed by atoms with E-state index in [9.17, 15) is 18.1 Å². The lowest BCUT2D eigenvalue weighted by Crippen LogP contribution is -1.98. The number of fused-ring (bicyclic) bond motifs is 3. The molecule has 7 rings (SSSR count). The number of phenolic OH excluding ortho intramolecular Hbond substituents is 1. The van der Waals surface area contributed by atoms with Gasteiger partial charge in [-0.2, -0.15) is 13.5 Å². The van der Waals surface area contributed by atoms with Gasteiger partial charge in [-0.1, -0.05) is 66.7 Å². The van der Waals surface area contributed by atoms with E-state index >= 15 is 0 Å². The van der Waals surface area contributed by atoms with E-state index in [1.807, 2.05) is 78.9 Å². The molecule has 0 bridgehead atoms. The molecular formula is C36H25N5O4S. The maximum Gasteiger partial charge on any atom is 0.295 e. The van der Waals surface area contributed by atoms with Crippen LogP contribution in [0.1, 0.15) is 0 Å². The van der Waals surface area contributed by atoms with Gasteiger partial charge in [-0.15, -0.1) is 15.3 Å². The molecule has 10 heteroatoms. The molecule has 0 aliphatic rings. The van der Waals surface area contributed by atoms with Crippen molar-refractivity contribution >= 4 is 76.6 Å². The predicted octanol–water partition coefficient (Wildman–Crippen LogP) is 10.7. The lowest BCUT2D eigenvalue weighted by Gasteiger charge is -2.09. The Hall–Kier alpha value is -5.97. The summed E-state index contributed by atoms with van der Waals surface area (Å²) in [6.45, 7) is 0. The Morgan fingerprint density at radius 1 is 0.500 bits per heavy atom. The molecule has 7 aromatic carbocycles. The van der Waals surface area contributed by atoms with E-state index in [1.165, 1.54) is 6.07 Å². The van der Waals surface area contributed by atoms with E-state index in [0.717, 1.165) is 27.5 Å². The van der Waals surface area contributed by atoms with E-state index < -0.39 is 10.1 Å². The number of nitrogens with zero attached hydrogens (tertiary/aromatic N) is 4. The highest BCUT2D eigenvalue weighted by Gasteiger charge is 2.14. The normalized spacial score (nSPS) is 12.1. The number of hydrogen-bond donors (Lipinski definition) is 3. The summed E-state index contributed by atoms with van der Waals surface area (Å²) >= 11 is 0. The second-order valence-corrected chi connectivity index (χ2v) is 11.9. The first-order valence-electron chi connectivity index (χ1n) is 14.3. The van der Waals surface area contributed by atoms with Crippen LogP contribution in [0.5, 0.6) is 5.75 Å². The van der Waals surface area contributed by atoms with Crippen molar-refractivity contribution in [1.29, 1.82) is 0 Å². The fourth-order valence-corrected chi connectivity index (χ4v) is 6.03. The van der Waals surface area contributed by atoms with Gasteiger partial charge < -0.3 is 10.4 Å². The van der Waals surface area contributed by atoms with Crippen LogP contribution in [0.25, 0.3) is 32.3 Å². The summed E-state index contributed by atoms with van der Waals surface area (Å²) in [7, 11) is -4.41. The number of anilines is 2. The van der Waals surface area contributed by atoms with Gasteiger partial charge in [0, 0.05) is 32.9 Å². The van der Waals surface area contributed by atoms with Crippen LogP contribution in [0.2, 0.25) is 0 Å². The zero-order valence-electron chi connectivity index (χ0n) is 24.1. The van der Waals surface area contributed by atoms with Gasteiger partial charge >= 0.3 is 0 Å². The summed E-state index contributed by atoms with van der Waals surface area (Å²) in [4.78, 5) is -0.190. The van der Waals surface area contributed by atoms with Crippen molar-refractivity contribution in [1.82, 2.24) is 0 Å². The van der Waals surface area contributed by atoms with Gasteiger partial charge in [0.25, 0.3) is 10.1 Å². The summed E-state index contributed by atoms with van der Waals surface area (Å²) in [5.41, 5.74) is 3.79. The molecule has 224 valence electrons. The molecule has 3 N–H and O–H groups in total. The molecule has 0 unspecified atom stereocenters. The van der Waals surface area contributed by atoms with E-state index in [1.54, 1.807) is 48.5 Å². The number of benzene rings is 7. The molecule has 0 amide bonds. The summed E-state index contributed by atoms with van der Waals surface area (Å²) < 4.78 is 33.4. The molecule has 0 aromatic heterocycles. The maximum atomic E-state index is 11.9. The highest BCUT2D eigenvalue weighted by Crippen LogP contribution is 2.39. The Morgan fingerprint density at radius 2 is 1.15 bits per heavy atom. The maximum absolute atomic E-state index is 11.9. The second kappa shape index (κ2) is 11.8. The van der Waals surface area contributed by atoms with E-state index in [-0.39, 0.29) is 10.6 Å². The highest BCUT2D eigenvalue weighted by atomic mass is 32.2. The van der Waals surface area contributed by atoms with Gasteiger partial charge in [0.05, 0.1) is 17.1 Å². The molecule has 7 aromatic rings. The van der Waals surface area contributed by atoms with Gasteiger partial charge in [-0.3, -0.25) is 4.55 Å². The van der Waals surface area contributed by atoms with Gasteiger partial charge in [-0.25, -0.2) is 0 Å². The standard InChI is InChI=1S/C36H25N5O4S/c42-36-28-17-16-26(37-25-8-2-1-3-9-25)21-24(28)14-18-34(36)41-40-33-20-19-32(29-10-4-5-11-30(29)33)39-38-27-15-13-23-7-6-12-35(31(23)22-27)46(43,44)45/h1-22,37,42H,(H,43,44,45). The first-order chi connectivity index (χ1) is 22.3. The van der Waals surface area contributed by atoms with E-state index in [4.69, 9.17) is 0 Å². The second-order valence-electron chi connectivity index (χ2n) is 10.5. The Morgan fingerprint density at radius 3 is 1.89 bits per heavy atom. The average molecular weight is 624 g/mol. The van der Waals surface area contributed by atoms with Crippen molar-refractivity contribution in [3.8, 4) is 5.75 Å². The van der Waals surface area contributed by atoms with Crippen LogP contribution in [-0.4, -0.2) is 18.1 Å². The van der Waals surface area contributed by atoms with Crippen LogP contribution in [0.4, 0.5) is 34.1 Å². The van der Waals surface area contributed by atoms with Crippen LogP contribution in [0.3, 0.4) is 0 Å². The predicted molar refractivity (Wildman–Crippen MR) is 181 cm³/mol. The first-order valence-corrected chi connectivity index (χ1v) is 15.7. The first kappa shape index (κ1) is 28.8. The molecule has 0 saturated heterocycles. The zero-order valence-corrected chi connectivity index (χ0v) is 24.9. The topological polar surface area (TPSA) is 136 Å². The van der Waals surface area contributed by atoms with Crippen molar-refractivity contribution < 1.29 is 18.1 Å². The molecular weight excluding hydrogens is 598 g/mol. The fourth-order valence-electron chi connectivity index (χ4n) is 5.33. The molecule has 0 fully saturated rings. The minimum Gasteiger partial charge on any atom is -0.505 e. The van der Waals surface area contributed by atoms with Gasteiger partial charge in [0.2, 0.25) is 0 Å². The SMILES string of the molecule is O=S(=O)(O)c1cccc2ccc(N=Nc3ccc(N=Nc4ccc5cc(Nc6ccccc6)ccc5c4O)c4ccccc34)cc12. The van der Waals surface area contributed by atoms with Crippen LogP contribution in [0.15, 0.2) is 159 Å². The summed E-state index contributed by atoms with van der Waals surface area (Å²) in [5.74, 6) is 0.0368. The fraction of sp³-hybridized carbons (Fsp3) is 0. The van der Waals surface area contributed by atoms with Crippen LogP contribution < -0.4 is 5.32 Å². The lowest BCUT2D eigenvalue weighted by molar-refractivity contribution is 0.482. The lowest BCUT2D eigenvalue weighted by atomic mass is 10.1. The number of aromatic hydroxyl groups is 1. The van der Waals surface area contributed by atoms with Gasteiger partial charge in [-0.05, 0) is 77.5 Å². The number of phenols is 1. The minimum atomic E-state index is -4.41. The van der Waals surface area contributed by atoms with Crippen LogP contribution in [0, 0.1) is 0 Å². The number of hydrogen-bond acceptors (Lipinski definition) is 8. The molecule has 0 spiro atoms. The molecule has 9 nitrogen and oxygen atoms in total.